The minimum Gasteiger partial charge on any atom is -0.513 e. The molecule has 1 aromatic carbocycles. The number of nitrogens with one attached hydrogen (secondary N) is 5. The Morgan fingerprint density at radius 3 is 2.02 bits per heavy atom. The molecular formula is C31H41N5O9. The quantitative estimate of drug-likeness (QED) is 0.0656. The van der Waals surface area contributed by atoms with E-state index in [1.54, 1.807) is 32.0 Å². The Labute approximate surface area is 261 Å². The summed E-state index contributed by atoms with van der Waals surface area (Å²) in [6.45, 7) is 7.19. The van der Waals surface area contributed by atoms with Crippen molar-refractivity contribution in [2.24, 2.45) is 0 Å². The number of carbonyl (C=O) groups excluding carboxylic acids is 6. The van der Waals surface area contributed by atoms with Crippen molar-refractivity contribution in [3.63, 3.8) is 0 Å². The van der Waals surface area contributed by atoms with E-state index in [4.69, 9.17) is 0 Å². The molecule has 0 aliphatic rings. The minimum atomic E-state index is -1.38. The lowest BCUT2D eigenvalue weighted by Crippen LogP contribution is -2.55. The summed E-state index contributed by atoms with van der Waals surface area (Å²) in [6.07, 6.45) is 4.68. The summed E-state index contributed by atoms with van der Waals surface area (Å²) < 4.78 is 0. The average Bonchev–Trinajstić information content (AvgIpc) is 3.00. The minimum absolute atomic E-state index is 0.0392. The lowest BCUT2D eigenvalue weighted by Gasteiger charge is -2.23. The molecule has 3 unspecified atom stereocenters. The van der Waals surface area contributed by atoms with Gasteiger partial charge in [0.15, 0.2) is 6.04 Å². The van der Waals surface area contributed by atoms with Crippen LogP contribution in [-0.4, -0.2) is 76.7 Å². The molecule has 0 saturated carbocycles. The molecule has 0 bridgehead atoms. The number of Topliss-reactive ketones (excluding diaryl/α,β-unsaturated/α-hetero) is 1. The molecule has 14 nitrogen and oxygen atoms in total. The molecule has 45 heavy (non-hydrogen) atoms. The van der Waals surface area contributed by atoms with Crippen LogP contribution in [0.4, 0.5) is 0 Å². The van der Waals surface area contributed by atoms with E-state index in [1.807, 2.05) is 0 Å². The highest BCUT2D eigenvalue weighted by Gasteiger charge is 2.31. The molecule has 14 heteroatoms. The fourth-order valence-electron chi connectivity index (χ4n) is 3.97. The van der Waals surface area contributed by atoms with Crippen LogP contribution < -0.4 is 26.6 Å². The summed E-state index contributed by atoms with van der Waals surface area (Å²) in [4.78, 5) is 87.2. The van der Waals surface area contributed by atoms with E-state index in [0.29, 0.717) is 17.6 Å². The number of allylic oxidation sites excluding steroid dienone is 4. The number of hydrogen-bond acceptors (Lipinski definition) is 8. The van der Waals surface area contributed by atoms with Crippen LogP contribution in [0.1, 0.15) is 58.1 Å². The molecule has 0 radical (unpaired) electrons. The molecule has 5 amide bonds. The molecule has 0 spiro atoms. The van der Waals surface area contributed by atoms with Crippen molar-refractivity contribution in [1.82, 2.24) is 26.6 Å². The highest BCUT2D eigenvalue weighted by molar-refractivity contribution is 6.38. The first kappa shape index (κ1) is 37.8. The SMILES string of the molecule is C=C/C=C(\C=C(C)O)CC(NC(=O)CNC(=O)CC)C(=O)NC(CCC)C(=O)C(=O)NCC(=O)NC(C(=O)O)c1ccccc1. The van der Waals surface area contributed by atoms with Gasteiger partial charge in [-0.1, -0.05) is 69.3 Å². The number of aliphatic carboxylic acids is 1. The van der Waals surface area contributed by atoms with Gasteiger partial charge in [-0.3, -0.25) is 28.8 Å². The Hall–Kier alpha value is -5.27. The Bertz CT molecular complexity index is 1300. The molecule has 0 aliphatic carbocycles. The normalized spacial score (nSPS) is 13.3. The van der Waals surface area contributed by atoms with Crippen molar-refractivity contribution < 1.29 is 43.8 Å². The molecule has 0 aromatic heterocycles. The third-order valence-corrected chi connectivity index (χ3v) is 6.11. The van der Waals surface area contributed by atoms with Gasteiger partial charge in [0.2, 0.25) is 29.4 Å². The van der Waals surface area contributed by atoms with Crippen LogP contribution in [0.3, 0.4) is 0 Å². The first-order valence-corrected chi connectivity index (χ1v) is 14.3. The fourth-order valence-corrected chi connectivity index (χ4v) is 3.97. The molecule has 3 atom stereocenters. The summed E-state index contributed by atoms with van der Waals surface area (Å²) in [6, 6.07) is 3.89. The van der Waals surface area contributed by atoms with Gasteiger partial charge in [0.25, 0.3) is 5.91 Å². The van der Waals surface area contributed by atoms with E-state index in [0.717, 1.165) is 0 Å². The Balaban J connectivity index is 3.02. The van der Waals surface area contributed by atoms with Crippen LogP contribution in [0.15, 0.2) is 66.5 Å². The van der Waals surface area contributed by atoms with Gasteiger partial charge in [-0.2, -0.15) is 0 Å². The zero-order valence-corrected chi connectivity index (χ0v) is 25.6. The molecule has 7 N–H and O–H groups in total. The summed E-state index contributed by atoms with van der Waals surface area (Å²) in [5.41, 5.74) is 0.705. The van der Waals surface area contributed by atoms with Crippen LogP contribution in [0, 0.1) is 0 Å². The smallest absolute Gasteiger partial charge is 0.330 e. The van der Waals surface area contributed by atoms with E-state index in [2.05, 4.69) is 33.2 Å². The number of carboxylic acid groups (broad SMARTS) is 1. The van der Waals surface area contributed by atoms with Crippen molar-refractivity contribution >= 4 is 41.3 Å². The highest BCUT2D eigenvalue weighted by Crippen LogP contribution is 2.13. The van der Waals surface area contributed by atoms with Gasteiger partial charge in [-0.05, 0) is 30.6 Å². The van der Waals surface area contributed by atoms with Crippen LogP contribution in [-0.2, 0) is 33.6 Å². The molecule has 0 aliphatic heterocycles. The third kappa shape index (κ3) is 14.2. The van der Waals surface area contributed by atoms with Crippen LogP contribution in [0.25, 0.3) is 0 Å². The van der Waals surface area contributed by atoms with Crippen LogP contribution in [0.5, 0.6) is 0 Å². The topological polar surface area (TPSA) is 220 Å². The lowest BCUT2D eigenvalue weighted by molar-refractivity contribution is -0.142. The Kier molecular flexibility index (Phi) is 16.6. The van der Waals surface area contributed by atoms with Crippen molar-refractivity contribution in [3.8, 4) is 0 Å². The predicted molar refractivity (Wildman–Crippen MR) is 164 cm³/mol. The second-order valence-corrected chi connectivity index (χ2v) is 9.86. The number of rotatable bonds is 19. The third-order valence-electron chi connectivity index (χ3n) is 6.11. The van der Waals surface area contributed by atoms with Gasteiger partial charge in [-0.25, -0.2) is 4.79 Å². The summed E-state index contributed by atoms with van der Waals surface area (Å²) in [7, 11) is 0. The van der Waals surface area contributed by atoms with Gasteiger partial charge in [0.1, 0.15) is 6.04 Å². The van der Waals surface area contributed by atoms with E-state index < -0.39 is 66.6 Å². The number of carbonyl (C=O) groups is 7. The largest absolute Gasteiger partial charge is 0.513 e. The first-order chi connectivity index (χ1) is 21.3. The monoisotopic (exact) mass is 627 g/mol. The van der Waals surface area contributed by atoms with Gasteiger partial charge >= 0.3 is 5.97 Å². The van der Waals surface area contributed by atoms with E-state index in [9.17, 15) is 43.8 Å². The van der Waals surface area contributed by atoms with E-state index in [-0.39, 0.29) is 30.9 Å². The van der Waals surface area contributed by atoms with Crippen molar-refractivity contribution in [2.45, 2.75) is 64.6 Å². The number of ketones is 1. The van der Waals surface area contributed by atoms with Gasteiger partial charge < -0.3 is 36.8 Å². The Morgan fingerprint density at radius 1 is 0.844 bits per heavy atom. The fraction of sp³-hybridized carbons (Fsp3) is 0.387. The second-order valence-electron chi connectivity index (χ2n) is 9.86. The zero-order valence-electron chi connectivity index (χ0n) is 25.6. The maximum absolute atomic E-state index is 13.3. The molecule has 244 valence electrons. The maximum atomic E-state index is 13.3. The zero-order chi connectivity index (χ0) is 33.9. The summed E-state index contributed by atoms with van der Waals surface area (Å²) in [5.74, 6) is -6.44. The standard InChI is InChI=1S/C31H41N5O9/c1-5-11-20(15-19(4)37)16-23(34-25(39)17-32-24(38)7-3)29(42)35-22(12-6-2)28(41)30(43)33-18-26(40)36-27(31(44)45)21-13-9-8-10-14-21/h5,8-11,13-15,22-23,27,37H,1,6-7,12,16-18H2,2-4H3,(H,32,38)(H,33,43)(H,34,39)(H,35,42)(H,36,40)(H,44,45)/b19-15?,20-11+. The van der Waals surface area contributed by atoms with E-state index in [1.165, 1.54) is 37.3 Å². The molecule has 0 heterocycles. The number of benzene rings is 1. The van der Waals surface area contributed by atoms with Crippen molar-refractivity contribution in [1.29, 1.82) is 0 Å². The number of aliphatic hydroxyl groups is 1. The van der Waals surface area contributed by atoms with Crippen molar-refractivity contribution in [2.75, 3.05) is 13.1 Å². The molecule has 0 saturated heterocycles. The van der Waals surface area contributed by atoms with Gasteiger partial charge in [0, 0.05) is 12.8 Å². The lowest BCUT2D eigenvalue weighted by atomic mass is 10.0. The van der Waals surface area contributed by atoms with Crippen LogP contribution in [0.2, 0.25) is 0 Å². The summed E-state index contributed by atoms with van der Waals surface area (Å²) >= 11 is 0. The number of aliphatic hydroxyl groups excluding tert-OH is 1. The molecular weight excluding hydrogens is 586 g/mol. The first-order valence-electron chi connectivity index (χ1n) is 14.3. The predicted octanol–water partition coefficient (Wildman–Crippen LogP) is 0.874. The number of carboxylic acids is 1. The van der Waals surface area contributed by atoms with Crippen molar-refractivity contribution in [3.05, 3.63) is 72.0 Å². The second kappa shape index (κ2) is 19.8. The number of amides is 5. The molecule has 0 fully saturated rings. The Morgan fingerprint density at radius 2 is 1.47 bits per heavy atom. The highest BCUT2D eigenvalue weighted by atomic mass is 16.4. The van der Waals surface area contributed by atoms with Gasteiger partial charge in [0.05, 0.1) is 24.9 Å². The molecule has 1 rings (SSSR count). The summed E-state index contributed by atoms with van der Waals surface area (Å²) in [5, 5.41) is 31.0. The number of hydrogen-bond donors (Lipinski definition) is 7. The molecule has 1 aromatic rings. The van der Waals surface area contributed by atoms with Gasteiger partial charge in [-0.15, -0.1) is 0 Å². The maximum Gasteiger partial charge on any atom is 0.330 e. The van der Waals surface area contributed by atoms with E-state index >= 15 is 0 Å². The average molecular weight is 628 g/mol. The van der Waals surface area contributed by atoms with Crippen LogP contribution >= 0.6 is 0 Å².